The first-order valence-electron chi connectivity index (χ1n) is 13.4. The Morgan fingerprint density at radius 2 is 1.68 bits per heavy atom. The summed E-state index contributed by atoms with van der Waals surface area (Å²) in [4.78, 5) is 29.3. The largest absolute Gasteiger partial charge is 0.378 e. The van der Waals surface area contributed by atoms with Crippen LogP contribution in [-0.2, 0) is 9.53 Å². The third-order valence-electron chi connectivity index (χ3n) is 7.54. The predicted molar refractivity (Wildman–Crippen MR) is 157 cm³/mol. The number of hydrogen-bond acceptors (Lipinski definition) is 7. The number of carbonyl (C=O) groups is 1. The summed E-state index contributed by atoms with van der Waals surface area (Å²) in [6.45, 7) is 11.7. The van der Waals surface area contributed by atoms with Crippen molar-refractivity contribution in [3.8, 4) is 11.1 Å². The Kier molecular flexibility index (Phi) is 7.19. The van der Waals surface area contributed by atoms with E-state index in [4.69, 9.17) is 4.74 Å². The number of anilines is 1. The molecule has 7 nitrogen and oxygen atoms in total. The average Bonchev–Trinajstić information content (AvgIpc) is 3.33. The van der Waals surface area contributed by atoms with E-state index in [1.807, 2.05) is 24.4 Å². The molecule has 1 aromatic heterocycles. The van der Waals surface area contributed by atoms with Gasteiger partial charge < -0.3 is 14.5 Å². The fourth-order valence-electron chi connectivity index (χ4n) is 5.29. The fraction of sp³-hybridized carbons (Fsp3) is 0.367. The molecule has 0 saturated carbocycles. The van der Waals surface area contributed by atoms with Gasteiger partial charge in [0.25, 0.3) is 5.91 Å². The highest BCUT2D eigenvalue weighted by Gasteiger charge is 2.27. The van der Waals surface area contributed by atoms with Gasteiger partial charge in [-0.15, -0.1) is 0 Å². The average molecular weight is 528 g/mol. The number of aliphatic imine (C=N–C) groups is 1. The molecule has 2 fully saturated rings. The van der Waals surface area contributed by atoms with Crippen LogP contribution in [-0.4, -0.2) is 84.4 Å². The van der Waals surface area contributed by atoms with E-state index in [0.717, 1.165) is 72.0 Å². The van der Waals surface area contributed by atoms with Gasteiger partial charge >= 0.3 is 0 Å². The van der Waals surface area contributed by atoms with E-state index in [0.29, 0.717) is 24.2 Å². The van der Waals surface area contributed by atoms with Gasteiger partial charge in [0, 0.05) is 62.6 Å². The third kappa shape index (κ3) is 5.21. The number of hydrogen-bond donors (Lipinski definition) is 0. The first kappa shape index (κ1) is 25.1. The number of thioether (sulfide) groups is 1. The lowest BCUT2D eigenvalue weighted by Gasteiger charge is -2.38. The van der Waals surface area contributed by atoms with Crippen molar-refractivity contribution in [1.29, 1.82) is 0 Å². The number of pyridine rings is 1. The number of fused-ring (bicyclic) bond motifs is 1. The maximum absolute atomic E-state index is 12.6. The molecule has 8 heteroatoms. The van der Waals surface area contributed by atoms with Crippen molar-refractivity contribution in [3.63, 3.8) is 0 Å². The van der Waals surface area contributed by atoms with Gasteiger partial charge in [-0.05, 0) is 78.7 Å². The Morgan fingerprint density at radius 3 is 2.42 bits per heavy atom. The van der Waals surface area contributed by atoms with E-state index in [1.54, 1.807) is 0 Å². The van der Waals surface area contributed by atoms with Crippen LogP contribution in [0.1, 0.15) is 19.4 Å². The molecule has 1 amide bonds. The summed E-state index contributed by atoms with van der Waals surface area (Å²) in [7, 11) is 0. The molecule has 6 rings (SSSR count). The summed E-state index contributed by atoms with van der Waals surface area (Å²) in [5.41, 5.74) is 5.49. The van der Waals surface area contributed by atoms with Crippen LogP contribution in [0, 0.1) is 0 Å². The lowest BCUT2D eigenvalue weighted by Crippen LogP contribution is -2.48. The quantitative estimate of drug-likeness (QED) is 0.455. The van der Waals surface area contributed by atoms with E-state index in [9.17, 15) is 4.79 Å². The zero-order valence-electron chi connectivity index (χ0n) is 22.0. The van der Waals surface area contributed by atoms with Crippen LogP contribution in [0.5, 0.6) is 0 Å². The van der Waals surface area contributed by atoms with Gasteiger partial charge in [-0.3, -0.25) is 14.7 Å². The second-order valence-electron chi connectivity index (χ2n) is 10.2. The Bertz CT molecular complexity index is 1390. The smallest absolute Gasteiger partial charge is 0.286 e. The second-order valence-corrected chi connectivity index (χ2v) is 11.2. The molecular weight excluding hydrogens is 494 g/mol. The van der Waals surface area contributed by atoms with E-state index in [-0.39, 0.29) is 5.91 Å². The van der Waals surface area contributed by atoms with E-state index in [2.05, 4.69) is 74.9 Å². The number of amidine groups is 1. The van der Waals surface area contributed by atoms with E-state index >= 15 is 0 Å². The normalized spacial score (nSPS) is 20.1. The summed E-state index contributed by atoms with van der Waals surface area (Å²) in [5.74, 6) is -0.173. The van der Waals surface area contributed by atoms with Crippen LogP contribution in [0.2, 0.25) is 0 Å². The zero-order chi connectivity index (χ0) is 26.1. The molecule has 2 aromatic carbocycles. The molecule has 0 radical (unpaired) electrons. The maximum Gasteiger partial charge on any atom is 0.286 e. The van der Waals surface area contributed by atoms with Gasteiger partial charge in [0.1, 0.15) is 0 Å². The number of amides is 1. The van der Waals surface area contributed by atoms with Crippen LogP contribution in [0.25, 0.3) is 28.1 Å². The predicted octanol–water partition coefficient (Wildman–Crippen LogP) is 4.73. The summed E-state index contributed by atoms with van der Waals surface area (Å²) < 4.78 is 5.43. The molecule has 0 spiro atoms. The Labute approximate surface area is 228 Å². The van der Waals surface area contributed by atoms with Gasteiger partial charge in [0.2, 0.25) is 0 Å². The number of piperazine rings is 1. The fourth-order valence-corrected chi connectivity index (χ4v) is 6.26. The summed E-state index contributed by atoms with van der Waals surface area (Å²) in [6.07, 6.45) is 3.81. The number of rotatable bonds is 4. The molecule has 0 aliphatic carbocycles. The first-order chi connectivity index (χ1) is 18.5. The highest BCUT2D eigenvalue weighted by atomic mass is 32.2. The molecule has 3 aromatic rings. The monoisotopic (exact) mass is 527 g/mol. The highest BCUT2D eigenvalue weighted by molar-refractivity contribution is 8.18. The minimum absolute atomic E-state index is 0.173. The molecule has 3 aliphatic heterocycles. The highest BCUT2D eigenvalue weighted by Crippen LogP contribution is 2.33. The number of nitrogens with zero attached hydrogens (tertiary/aromatic N) is 5. The Morgan fingerprint density at radius 1 is 0.921 bits per heavy atom. The van der Waals surface area contributed by atoms with Gasteiger partial charge in [-0.1, -0.05) is 18.2 Å². The van der Waals surface area contributed by atoms with Gasteiger partial charge in [-0.2, -0.15) is 4.99 Å². The standard InChI is InChI=1S/C30H33N5O2S/c1-21(2)33-11-13-34(14-12-33)24-6-4-23(5-7-24)25-9-10-31-27-8-3-22(19-26(25)27)20-28-29(36)32-30(38-28)35-15-17-37-18-16-35/h3-10,19-21H,11-18H2,1-2H3. The van der Waals surface area contributed by atoms with Crippen molar-refractivity contribution in [2.24, 2.45) is 4.99 Å². The van der Waals surface area contributed by atoms with Gasteiger partial charge in [0.05, 0.1) is 23.6 Å². The summed E-state index contributed by atoms with van der Waals surface area (Å²) in [5, 5.41) is 1.85. The van der Waals surface area contributed by atoms with Crippen molar-refractivity contribution < 1.29 is 9.53 Å². The van der Waals surface area contributed by atoms with Crippen molar-refractivity contribution in [2.75, 3.05) is 57.4 Å². The molecular formula is C30H33N5O2S. The van der Waals surface area contributed by atoms with Gasteiger partial charge in [-0.25, -0.2) is 0 Å². The topological polar surface area (TPSA) is 61.3 Å². The number of benzene rings is 2. The van der Waals surface area contributed by atoms with Gasteiger partial charge in [0.15, 0.2) is 5.17 Å². The van der Waals surface area contributed by atoms with Crippen LogP contribution in [0.3, 0.4) is 0 Å². The number of carbonyl (C=O) groups excluding carboxylic acids is 1. The Balaban J connectivity index is 1.22. The molecule has 38 heavy (non-hydrogen) atoms. The van der Waals surface area contributed by atoms with Crippen molar-refractivity contribution in [3.05, 3.63) is 65.2 Å². The molecule has 3 aliphatic rings. The lowest BCUT2D eigenvalue weighted by atomic mass is 9.99. The second kappa shape index (κ2) is 10.9. The number of aromatic nitrogens is 1. The number of ether oxygens (including phenoxy) is 1. The van der Waals surface area contributed by atoms with Crippen LogP contribution >= 0.6 is 11.8 Å². The lowest BCUT2D eigenvalue weighted by molar-refractivity contribution is -0.113. The van der Waals surface area contributed by atoms with Crippen molar-refractivity contribution in [2.45, 2.75) is 19.9 Å². The molecule has 0 unspecified atom stereocenters. The molecule has 4 heterocycles. The van der Waals surface area contributed by atoms with E-state index in [1.165, 1.54) is 17.4 Å². The first-order valence-corrected chi connectivity index (χ1v) is 14.2. The van der Waals surface area contributed by atoms with Crippen molar-refractivity contribution >= 4 is 45.5 Å². The Hall–Kier alpha value is -3.20. The molecule has 0 bridgehead atoms. The van der Waals surface area contributed by atoms with Crippen molar-refractivity contribution in [1.82, 2.24) is 14.8 Å². The van der Waals surface area contributed by atoms with Crippen LogP contribution in [0.15, 0.2) is 64.6 Å². The zero-order valence-corrected chi connectivity index (χ0v) is 22.8. The van der Waals surface area contributed by atoms with Crippen LogP contribution < -0.4 is 4.90 Å². The minimum Gasteiger partial charge on any atom is -0.378 e. The molecule has 196 valence electrons. The number of morpholine rings is 1. The van der Waals surface area contributed by atoms with E-state index < -0.39 is 0 Å². The maximum atomic E-state index is 12.6. The molecule has 2 saturated heterocycles. The summed E-state index contributed by atoms with van der Waals surface area (Å²) in [6, 6.07) is 17.7. The molecule has 0 N–H and O–H groups in total. The molecule has 0 atom stereocenters. The minimum atomic E-state index is -0.173. The summed E-state index contributed by atoms with van der Waals surface area (Å²) >= 11 is 1.45. The third-order valence-corrected chi connectivity index (χ3v) is 8.59. The SMILES string of the molecule is CC(C)N1CCN(c2ccc(-c3ccnc4ccc(C=C5SC(N6CCOCC6)=NC5=O)cc34)cc2)CC1. The van der Waals surface area contributed by atoms with Crippen LogP contribution in [0.4, 0.5) is 5.69 Å².